The van der Waals surface area contributed by atoms with Crippen molar-refractivity contribution in [3.63, 3.8) is 0 Å². The highest BCUT2D eigenvalue weighted by molar-refractivity contribution is 5.94. The van der Waals surface area contributed by atoms with Gasteiger partial charge in [0.15, 0.2) is 0 Å². The number of amides is 1. The lowest BCUT2D eigenvalue weighted by atomic mass is 10.1. The van der Waals surface area contributed by atoms with Crippen LogP contribution in [0.1, 0.15) is 45.6 Å². The van der Waals surface area contributed by atoms with Gasteiger partial charge in [0, 0.05) is 11.1 Å². The van der Waals surface area contributed by atoms with Crippen LogP contribution in [0.4, 0.5) is 0 Å². The Labute approximate surface area is 172 Å². The molecule has 0 saturated carbocycles. The molecule has 0 aliphatic carbocycles. The van der Waals surface area contributed by atoms with E-state index in [9.17, 15) is 4.79 Å². The molecule has 150 valence electrons. The number of hydrogen-bond donors (Lipinski definition) is 1. The number of rotatable bonds is 7. The van der Waals surface area contributed by atoms with Crippen LogP contribution < -0.4 is 14.8 Å². The third-order valence-corrected chi connectivity index (χ3v) is 4.78. The van der Waals surface area contributed by atoms with E-state index in [1.807, 2.05) is 75.4 Å². The van der Waals surface area contributed by atoms with Gasteiger partial charge in [-0.2, -0.15) is 0 Å². The first-order valence-corrected chi connectivity index (χ1v) is 9.70. The Bertz CT molecular complexity index is 962. The van der Waals surface area contributed by atoms with Crippen LogP contribution in [-0.2, 0) is 6.61 Å². The summed E-state index contributed by atoms with van der Waals surface area (Å²) in [6, 6.07) is 21.3. The fourth-order valence-electron chi connectivity index (χ4n) is 3.31. The van der Waals surface area contributed by atoms with Crippen LogP contribution in [0.25, 0.3) is 0 Å². The van der Waals surface area contributed by atoms with E-state index in [4.69, 9.17) is 9.47 Å². The van der Waals surface area contributed by atoms with Crippen LogP contribution in [0.3, 0.4) is 0 Å². The van der Waals surface area contributed by atoms with Crippen molar-refractivity contribution in [2.75, 3.05) is 7.11 Å². The van der Waals surface area contributed by atoms with Crippen molar-refractivity contribution in [3.8, 4) is 11.5 Å². The molecule has 0 aliphatic heterocycles. The molecule has 29 heavy (non-hydrogen) atoms. The molecule has 0 heterocycles. The van der Waals surface area contributed by atoms with Gasteiger partial charge in [0.25, 0.3) is 5.91 Å². The van der Waals surface area contributed by atoms with E-state index >= 15 is 0 Å². The molecular formula is C25H27NO3. The van der Waals surface area contributed by atoms with Crippen molar-refractivity contribution in [2.45, 2.75) is 33.4 Å². The highest BCUT2D eigenvalue weighted by Gasteiger charge is 2.14. The minimum Gasteiger partial charge on any atom is -0.496 e. The van der Waals surface area contributed by atoms with Crippen molar-refractivity contribution < 1.29 is 14.3 Å². The smallest absolute Gasteiger partial charge is 0.251 e. The summed E-state index contributed by atoms with van der Waals surface area (Å²) in [6.45, 7) is 6.38. The van der Waals surface area contributed by atoms with Crippen molar-refractivity contribution in [1.29, 1.82) is 0 Å². The molecule has 3 aromatic rings. The van der Waals surface area contributed by atoms with Crippen LogP contribution in [0.15, 0.2) is 66.7 Å². The SMILES string of the molecule is COc1ccc(C(=O)NC(C)c2ccccc2)cc1COc1cc(C)cc(C)c1. The number of aryl methyl sites for hydroxylation is 2. The van der Waals surface area contributed by atoms with Crippen LogP contribution in [0.2, 0.25) is 0 Å². The summed E-state index contributed by atoms with van der Waals surface area (Å²) < 4.78 is 11.4. The second kappa shape index (κ2) is 9.28. The lowest BCUT2D eigenvalue weighted by Crippen LogP contribution is -2.26. The Balaban J connectivity index is 1.74. The highest BCUT2D eigenvalue weighted by Crippen LogP contribution is 2.24. The monoisotopic (exact) mass is 389 g/mol. The summed E-state index contributed by atoms with van der Waals surface area (Å²) in [4.78, 5) is 12.8. The third kappa shape index (κ3) is 5.38. The minimum absolute atomic E-state index is 0.0826. The van der Waals surface area contributed by atoms with Crippen molar-refractivity contribution in [2.24, 2.45) is 0 Å². The molecule has 0 fully saturated rings. The van der Waals surface area contributed by atoms with Gasteiger partial charge in [0.05, 0.1) is 13.2 Å². The maximum atomic E-state index is 12.8. The van der Waals surface area contributed by atoms with Crippen LogP contribution in [0, 0.1) is 13.8 Å². The molecule has 0 bridgehead atoms. The van der Waals surface area contributed by atoms with Gasteiger partial charge < -0.3 is 14.8 Å². The Morgan fingerprint density at radius 2 is 1.66 bits per heavy atom. The summed E-state index contributed by atoms with van der Waals surface area (Å²) in [5.41, 5.74) is 4.76. The lowest BCUT2D eigenvalue weighted by Gasteiger charge is -2.16. The van der Waals surface area contributed by atoms with Gasteiger partial charge in [-0.3, -0.25) is 4.79 Å². The Morgan fingerprint density at radius 1 is 0.966 bits per heavy atom. The van der Waals surface area contributed by atoms with Crippen molar-refractivity contribution >= 4 is 5.91 Å². The maximum Gasteiger partial charge on any atom is 0.251 e. The summed E-state index contributed by atoms with van der Waals surface area (Å²) in [7, 11) is 1.62. The topological polar surface area (TPSA) is 47.6 Å². The quantitative estimate of drug-likeness (QED) is 0.590. The minimum atomic E-state index is -0.128. The molecule has 0 spiro atoms. The van der Waals surface area contributed by atoms with E-state index in [-0.39, 0.29) is 11.9 Å². The molecule has 1 atom stereocenters. The van der Waals surface area contributed by atoms with Gasteiger partial charge in [0.1, 0.15) is 18.1 Å². The number of carbonyl (C=O) groups is 1. The Kier molecular flexibility index (Phi) is 6.55. The van der Waals surface area contributed by atoms with E-state index in [2.05, 4.69) is 11.4 Å². The third-order valence-electron chi connectivity index (χ3n) is 4.78. The Hall–Kier alpha value is -3.27. The Morgan fingerprint density at radius 3 is 2.31 bits per heavy atom. The first kappa shape index (κ1) is 20.5. The van der Waals surface area contributed by atoms with Gasteiger partial charge in [-0.1, -0.05) is 36.4 Å². The lowest BCUT2D eigenvalue weighted by molar-refractivity contribution is 0.0939. The largest absolute Gasteiger partial charge is 0.496 e. The molecule has 0 aliphatic rings. The molecule has 0 radical (unpaired) electrons. The van der Waals surface area contributed by atoms with Gasteiger partial charge in [-0.15, -0.1) is 0 Å². The standard InChI is InChI=1S/C25H27NO3/c1-17-12-18(2)14-23(13-17)29-16-22-15-21(10-11-24(22)28-4)25(27)26-19(3)20-8-6-5-7-9-20/h5-15,19H,16H2,1-4H3,(H,26,27). The molecule has 3 aromatic carbocycles. The number of hydrogen-bond acceptors (Lipinski definition) is 3. The van der Waals surface area contributed by atoms with Gasteiger partial charge in [-0.05, 0) is 67.8 Å². The van der Waals surface area contributed by atoms with E-state index < -0.39 is 0 Å². The number of carbonyl (C=O) groups excluding carboxylic acids is 1. The molecule has 0 aromatic heterocycles. The van der Waals surface area contributed by atoms with E-state index in [1.165, 1.54) is 0 Å². The van der Waals surface area contributed by atoms with Crippen LogP contribution in [0.5, 0.6) is 11.5 Å². The highest BCUT2D eigenvalue weighted by atomic mass is 16.5. The fourth-order valence-corrected chi connectivity index (χ4v) is 3.31. The van der Waals surface area contributed by atoms with Gasteiger partial charge in [0.2, 0.25) is 0 Å². The fraction of sp³-hybridized carbons (Fsp3) is 0.240. The molecule has 3 rings (SSSR count). The summed E-state index contributed by atoms with van der Waals surface area (Å²) in [5, 5.41) is 3.05. The molecule has 1 amide bonds. The first-order chi connectivity index (χ1) is 14.0. The van der Waals surface area contributed by atoms with Crippen LogP contribution >= 0.6 is 0 Å². The number of methoxy groups -OCH3 is 1. The summed E-state index contributed by atoms with van der Waals surface area (Å²) in [5.74, 6) is 1.37. The van der Waals surface area contributed by atoms with Crippen molar-refractivity contribution in [1.82, 2.24) is 5.32 Å². The second-order valence-corrected chi connectivity index (χ2v) is 7.24. The number of ether oxygens (including phenoxy) is 2. The summed E-state index contributed by atoms with van der Waals surface area (Å²) >= 11 is 0. The van der Waals surface area contributed by atoms with E-state index in [0.717, 1.165) is 28.0 Å². The number of benzene rings is 3. The molecule has 0 saturated heterocycles. The molecule has 4 nitrogen and oxygen atoms in total. The zero-order chi connectivity index (χ0) is 20.8. The maximum absolute atomic E-state index is 12.8. The van der Waals surface area contributed by atoms with Crippen molar-refractivity contribution in [3.05, 3.63) is 94.5 Å². The predicted octanol–water partition coefficient (Wildman–Crippen LogP) is 5.38. The summed E-state index contributed by atoms with van der Waals surface area (Å²) in [6.07, 6.45) is 0. The zero-order valence-corrected chi connectivity index (χ0v) is 17.4. The molecule has 1 N–H and O–H groups in total. The second-order valence-electron chi connectivity index (χ2n) is 7.24. The molecule has 4 heteroatoms. The van der Waals surface area contributed by atoms with Gasteiger partial charge >= 0.3 is 0 Å². The van der Waals surface area contributed by atoms with Crippen LogP contribution in [-0.4, -0.2) is 13.0 Å². The molecular weight excluding hydrogens is 362 g/mol. The van der Waals surface area contributed by atoms with E-state index in [0.29, 0.717) is 17.9 Å². The average Bonchev–Trinajstić information content (AvgIpc) is 2.72. The zero-order valence-electron chi connectivity index (χ0n) is 17.4. The number of nitrogens with one attached hydrogen (secondary N) is 1. The van der Waals surface area contributed by atoms with E-state index in [1.54, 1.807) is 13.2 Å². The average molecular weight is 389 g/mol. The normalized spacial score (nSPS) is 11.6. The molecule has 1 unspecified atom stereocenters. The predicted molar refractivity (Wildman–Crippen MR) is 116 cm³/mol. The first-order valence-electron chi connectivity index (χ1n) is 9.70. The van der Waals surface area contributed by atoms with Gasteiger partial charge in [-0.25, -0.2) is 0 Å².